The van der Waals surface area contributed by atoms with Crippen LogP contribution >= 0.6 is 23.5 Å². The smallest absolute Gasteiger partial charge is 0.467 e. The molecule has 5 heterocycles. The third kappa shape index (κ3) is 7.88. The first kappa shape index (κ1) is 35.9. The number of hydrogen-bond acceptors (Lipinski definition) is 17. The Balaban J connectivity index is 1.22. The molecule has 5 rings (SSSR count). The summed E-state index contributed by atoms with van der Waals surface area (Å²) >= 11 is 0. The van der Waals surface area contributed by atoms with Gasteiger partial charge in [-0.2, -0.15) is 8.88 Å². The van der Waals surface area contributed by atoms with Crippen LogP contribution in [0.2, 0.25) is 0 Å². The van der Waals surface area contributed by atoms with E-state index in [1.165, 1.54) is 29.1 Å². The largest absolute Gasteiger partial charge is 0.524 e. The highest BCUT2D eigenvalue weighted by Crippen LogP contribution is 2.61. The number of carbonyl (C=O) groups excluding carboxylic acids is 1. The van der Waals surface area contributed by atoms with Gasteiger partial charge in [-0.3, -0.25) is 23.6 Å². The quantitative estimate of drug-likeness (QED) is 0.0638. The van der Waals surface area contributed by atoms with Gasteiger partial charge in [0, 0.05) is 6.07 Å². The average Bonchev–Trinajstić information content (AvgIpc) is 3.64. The maximum Gasteiger partial charge on any atom is 0.524 e. The zero-order valence-electron chi connectivity index (χ0n) is 23.8. The van der Waals surface area contributed by atoms with Crippen molar-refractivity contribution >= 4 is 52.2 Å². The Bertz CT molecular complexity index is 1890. The van der Waals surface area contributed by atoms with Gasteiger partial charge in [0.2, 0.25) is 11.6 Å². The summed E-state index contributed by atoms with van der Waals surface area (Å²) in [6, 6.07) is 2.78. The molecule has 3 aromatic rings. The van der Waals surface area contributed by atoms with E-state index in [9.17, 15) is 53.4 Å². The van der Waals surface area contributed by atoms with E-state index in [2.05, 4.69) is 32.8 Å². The highest BCUT2D eigenvalue weighted by atomic mass is 31.3. The second-order valence-corrected chi connectivity index (χ2v) is 14.2. The Morgan fingerprint density at radius 1 is 1.00 bits per heavy atom. The van der Waals surface area contributed by atoms with Gasteiger partial charge in [0.25, 0.3) is 12.1 Å². The minimum atomic E-state index is -5.54. The fraction of sp³-hybridized carbons (Fsp3) is 0.381. The van der Waals surface area contributed by atoms with E-state index in [1.54, 1.807) is 0 Å². The second kappa shape index (κ2) is 13.5. The molecule has 1 saturated heterocycles. The van der Waals surface area contributed by atoms with Crippen molar-refractivity contribution in [2.75, 3.05) is 18.9 Å². The summed E-state index contributed by atoms with van der Waals surface area (Å²) in [5, 5.41) is 31.5. The molecule has 0 aromatic carbocycles. The van der Waals surface area contributed by atoms with Crippen LogP contribution in [0.15, 0.2) is 42.9 Å². The van der Waals surface area contributed by atoms with Crippen LogP contribution in [0.25, 0.3) is 17.0 Å². The van der Waals surface area contributed by atoms with Crippen LogP contribution in [0, 0.1) is 0 Å². The lowest BCUT2D eigenvalue weighted by molar-refractivity contribution is -0.765. The SMILES string of the molecule is NC(=O)c1ccc[n+]([C@@H]2O[C@H](COP(=O)(O)OP(=O)(O)OC[C@H]3OC(n4cnc5c(N)ncnc54)=C(OP(=O)(O)O)[C@@H]3O)[C@@H](O)[C@H]2O)c1. The molecule has 24 nitrogen and oxygen atoms in total. The van der Waals surface area contributed by atoms with E-state index < -0.39 is 91.0 Å². The van der Waals surface area contributed by atoms with Crippen molar-refractivity contribution in [1.82, 2.24) is 19.5 Å². The Morgan fingerprint density at radius 2 is 1.67 bits per heavy atom. The summed E-state index contributed by atoms with van der Waals surface area (Å²) in [7, 11) is -16.4. The van der Waals surface area contributed by atoms with E-state index in [-0.39, 0.29) is 22.5 Å². The zero-order chi connectivity index (χ0) is 35.2. The molecule has 1 fully saturated rings. The Hall–Kier alpha value is -3.44. The van der Waals surface area contributed by atoms with Gasteiger partial charge in [-0.1, -0.05) is 0 Å². The fourth-order valence-corrected chi connectivity index (χ4v) is 7.04. The molecule has 27 heteroatoms. The van der Waals surface area contributed by atoms with Gasteiger partial charge in [-0.15, -0.1) is 0 Å². The molecule has 0 spiro atoms. The standard InChI is InChI=1S/C21H26N7O17P3/c22-17-12-19(25-7-24-17)28(8-26-12)21-16(44-46(33,34)35)14(30)11(43-21)6-41-48(38,39)45-47(36,37)40-5-10-13(29)15(31)20(42-10)27-3-1-2-9(4-27)18(23)32/h1-4,7-8,10-11,13-15,20,29-31H,5-6H2,(H7-,22,23,24,25,32,33,34,35,36,37,38,39)/p+1/t10-,11-,13-,14-,15-,20-/m1/s1. The summed E-state index contributed by atoms with van der Waals surface area (Å²) in [4.78, 5) is 62.0. The number of nitrogens with zero attached hydrogens (tertiary/aromatic N) is 5. The maximum absolute atomic E-state index is 12.5. The van der Waals surface area contributed by atoms with Crippen molar-refractivity contribution in [3.63, 3.8) is 0 Å². The topological polar surface area (TPSA) is 365 Å². The summed E-state index contributed by atoms with van der Waals surface area (Å²) in [6.45, 7) is -2.08. The van der Waals surface area contributed by atoms with Gasteiger partial charge in [0.1, 0.15) is 30.4 Å². The number of pyridine rings is 1. The highest BCUT2D eigenvalue weighted by Gasteiger charge is 2.50. The van der Waals surface area contributed by atoms with Crippen LogP contribution < -0.4 is 16.0 Å². The molecule has 2 aliphatic heterocycles. The van der Waals surface area contributed by atoms with E-state index in [0.29, 0.717) is 0 Å². The fourth-order valence-electron chi connectivity index (χ4n) is 4.51. The maximum atomic E-state index is 12.5. The lowest BCUT2D eigenvalue weighted by Crippen LogP contribution is -2.46. The monoisotopic (exact) mass is 742 g/mol. The number of fused-ring (bicyclic) bond motifs is 1. The number of primary amides is 1. The predicted molar refractivity (Wildman–Crippen MR) is 151 cm³/mol. The van der Waals surface area contributed by atoms with Gasteiger partial charge >= 0.3 is 23.5 Å². The van der Waals surface area contributed by atoms with Crippen molar-refractivity contribution in [3.05, 3.63) is 48.5 Å². The van der Waals surface area contributed by atoms with Crippen LogP contribution in [-0.2, 0) is 41.1 Å². The summed E-state index contributed by atoms with van der Waals surface area (Å²) in [6.07, 6.45) is -5.28. The number of aliphatic hydroxyl groups is 3. The normalized spacial score (nSPS) is 27.1. The first-order chi connectivity index (χ1) is 22.4. The van der Waals surface area contributed by atoms with Crippen LogP contribution in [-0.4, -0.2) is 104 Å². The van der Waals surface area contributed by atoms with E-state index in [4.69, 9.17) is 20.9 Å². The van der Waals surface area contributed by atoms with E-state index in [0.717, 1.165) is 17.2 Å². The summed E-state index contributed by atoms with van der Waals surface area (Å²) < 4.78 is 67.9. The molecule has 0 saturated carbocycles. The Morgan fingerprint density at radius 3 is 2.31 bits per heavy atom. The van der Waals surface area contributed by atoms with Crippen molar-refractivity contribution < 1.29 is 85.3 Å². The molecule has 0 radical (unpaired) electrons. The number of rotatable bonds is 13. The Labute approximate surface area is 267 Å². The van der Waals surface area contributed by atoms with Gasteiger partial charge in [-0.05, 0) is 6.07 Å². The number of carbonyl (C=O) groups is 1. The van der Waals surface area contributed by atoms with Crippen molar-refractivity contribution in [3.8, 4) is 0 Å². The molecule has 2 aliphatic rings. The van der Waals surface area contributed by atoms with E-state index >= 15 is 0 Å². The second-order valence-electron chi connectivity index (χ2n) is 9.96. The third-order valence-electron chi connectivity index (χ3n) is 6.64. The van der Waals surface area contributed by atoms with Crippen LogP contribution in [0.4, 0.5) is 5.82 Å². The molecule has 11 N–H and O–H groups in total. The molecular formula is C21H27N7O17P3+. The molecule has 1 amide bonds. The van der Waals surface area contributed by atoms with Gasteiger partial charge < -0.3 is 50.6 Å². The number of hydrogen-bond donors (Lipinski definition) is 9. The predicted octanol–water partition coefficient (Wildman–Crippen LogP) is -2.64. The zero-order valence-corrected chi connectivity index (χ0v) is 26.5. The highest BCUT2D eigenvalue weighted by molar-refractivity contribution is 7.61. The number of ether oxygens (including phenoxy) is 2. The molecule has 48 heavy (non-hydrogen) atoms. The van der Waals surface area contributed by atoms with Crippen LogP contribution in [0.5, 0.6) is 0 Å². The molecule has 3 aromatic heterocycles. The molecule has 262 valence electrons. The molecular weight excluding hydrogens is 715 g/mol. The average molecular weight is 742 g/mol. The van der Waals surface area contributed by atoms with Crippen molar-refractivity contribution in [1.29, 1.82) is 0 Å². The number of amides is 1. The summed E-state index contributed by atoms with van der Waals surface area (Å²) in [5.41, 5.74) is 11.0. The number of nitrogen functional groups attached to an aromatic ring is 1. The van der Waals surface area contributed by atoms with E-state index in [1.807, 2.05) is 0 Å². The minimum absolute atomic E-state index is 0.0295. The van der Waals surface area contributed by atoms with Crippen molar-refractivity contribution in [2.45, 2.75) is 36.7 Å². The van der Waals surface area contributed by atoms with Gasteiger partial charge in [0.05, 0.1) is 13.2 Å². The van der Waals surface area contributed by atoms with Gasteiger partial charge in [0.15, 0.2) is 47.7 Å². The van der Waals surface area contributed by atoms with Crippen LogP contribution in [0.3, 0.4) is 0 Å². The van der Waals surface area contributed by atoms with Crippen molar-refractivity contribution in [2.24, 2.45) is 5.73 Å². The number of aliphatic hydroxyl groups excluding tert-OH is 3. The number of phosphoric ester groups is 3. The lowest BCUT2D eigenvalue weighted by atomic mass is 10.1. The number of anilines is 1. The van der Waals surface area contributed by atoms with Gasteiger partial charge in [-0.25, -0.2) is 33.2 Å². The molecule has 0 bridgehead atoms. The van der Waals surface area contributed by atoms with Crippen LogP contribution in [0.1, 0.15) is 16.6 Å². The molecule has 8 atom stereocenters. The molecule has 2 unspecified atom stereocenters. The number of imidazole rings is 1. The first-order valence-electron chi connectivity index (χ1n) is 13.1. The lowest BCUT2D eigenvalue weighted by Gasteiger charge is -2.20. The molecule has 0 aliphatic carbocycles. The number of phosphoric acid groups is 3. The first-order valence-corrected chi connectivity index (χ1v) is 17.6. The summed E-state index contributed by atoms with van der Waals surface area (Å²) in [5.74, 6) is -2.32. The third-order valence-corrected chi connectivity index (χ3v) is 9.68. The number of aromatic nitrogens is 5. The Kier molecular flexibility index (Phi) is 10.1. The minimum Gasteiger partial charge on any atom is -0.467 e. The number of nitrogens with two attached hydrogens (primary N) is 2.